The summed E-state index contributed by atoms with van der Waals surface area (Å²) in [7, 11) is 0. The second-order valence-corrected chi connectivity index (χ2v) is 5.62. The van der Waals surface area contributed by atoms with Crippen LogP contribution < -0.4 is 0 Å². The van der Waals surface area contributed by atoms with E-state index in [0.717, 1.165) is 23.9 Å². The number of fused-ring (bicyclic) bond motifs is 3. The second kappa shape index (κ2) is 3.82. The Bertz CT molecular complexity index is 182. The van der Waals surface area contributed by atoms with Gasteiger partial charge in [0.2, 0.25) is 0 Å². The van der Waals surface area contributed by atoms with E-state index < -0.39 is 0 Å². The van der Waals surface area contributed by atoms with Gasteiger partial charge in [0.15, 0.2) is 0 Å². The highest BCUT2D eigenvalue weighted by Gasteiger charge is 2.40. The van der Waals surface area contributed by atoms with Crippen LogP contribution in [0.2, 0.25) is 0 Å². The Labute approximate surface area is 88.3 Å². The summed E-state index contributed by atoms with van der Waals surface area (Å²) >= 11 is 0. The lowest BCUT2D eigenvalue weighted by Crippen LogP contribution is -2.68. The van der Waals surface area contributed by atoms with Gasteiger partial charge in [0.25, 0.3) is 0 Å². The quantitative estimate of drug-likeness (QED) is 0.663. The minimum Gasteiger partial charge on any atom is -0.299 e. The first-order valence-corrected chi connectivity index (χ1v) is 6.07. The second-order valence-electron chi connectivity index (χ2n) is 5.62. The molecule has 0 aromatic heterocycles. The summed E-state index contributed by atoms with van der Waals surface area (Å²) in [5.74, 6) is 1.61. The van der Waals surface area contributed by atoms with E-state index >= 15 is 0 Å². The fourth-order valence-corrected chi connectivity index (χ4v) is 3.02. The molecule has 2 heteroatoms. The van der Waals surface area contributed by atoms with E-state index in [2.05, 4.69) is 37.5 Å². The zero-order chi connectivity index (χ0) is 10.3. The molecule has 14 heavy (non-hydrogen) atoms. The molecule has 0 saturated carbocycles. The number of piperazine rings is 3. The summed E-state index contributed by atoms with van der Waals surface area (Å²) in [6.07, 6.45) is 0. The molecule has 0 aromatic carbocycles. The van der Waals surface area contributed by atoms with Crippen LogP contribution in [-0.4, -0.2) is 48.1 Å². The highest BCUT2D eigenvalue weighted by molar-refractivity contribution is 4.96. The molecule has 0 amide bonds. The largest absolute Gasteiger partial charge is 0.299 e. The Kier molecular flexibility index (Phi) is 2.85. The summed E-state index contributed by atoms with van der Waals surface area (Å²) in [6.45, 7) is 14.7. The zero-order valence-electron chi connectivity index (χ0n) is 10.0. The highest BCUT2D eigenvalue weighted by atomic mass is 15.4. The van der Waals surface area contributed by atoms with Crippen LogP contribution in [0.15, 0.2) is 0 Å². The van der Waals surface area contributed by atoms with Gasteiger partial charge >= 0.3 is 0 Å². The average molecular weight is 196 g/mol. The summed E-state index contributed by atoms with van der Waals surface area (Å²) in [6, 6.07) is 1.62. The van der Waals surface area contributed by atoms with Crippen LogP contribution in [0.5, 0.6) is 0 Å². The van der Waals surface area contributed by atoms with Crippen LogP contribution in [0, 0.1) is 11.8 Å². The van der Waals surface area contributed by atoms with Gasteiger partial charge < -0.3 is 0 Å². The minimum atomic E-state index is 0.805. The molecule has 0 aliphatic carbocycles. The van der Waals surface area contributed by atoms with Gasteiger partial charge in [-0.1, -0.05) is 27.7 Å². The van der Waals surface area contributed by atoms with Crippen LogP contribution in [0.3, 0.4) is 0 Å². The summed E-state index contributed by atoms with van der Waals surface area (Å²) in [4.78, 5) is 5.44. The summed E-state index contributed by atoms with van der Waals surface area (Å²) < 4.78 is 0. The number of rotatable bonds is 2. The molecule has 0 radical (unpaired) electrons. The molecule has 3 aliphatic heterocycles. The van der Waals surface area contributed by atoms with E-state index in [9.17, 15) is 0 Å². The van der Waals surface area contributed by atoms with Crippen molar-refractivity contribution in [2.45, 2.75) is 39.8 Å². The van der Waals surface area contributed by atoms with Crippen molar-refractivity contribution in [2.75, 3.05) is 26.2 Å². The molecule has 3 aliphatic rings. The molecule has 3 fully saturated rings. The van der Waals surface area contributed by atoms with Crippen molar-refractivity contribution in [1.29, 1.82) is 0 Å². The minimum absolute atomic E-state index is 0.805. The lowest BCUT2D eigenvalue weighted by atomic mass is 9.89. The van der Waals surface area contributed by atoms with E-state index in [4.69, 9.17) is 0 Å². The maximum Gasteiger partial charge on any atom is 0.0250 e. The highest BCUT2D eigenvalue weighted by Crippen LogP contribution is 2.28. The monoisotopic (exact) mass is 196 g/mol. The van der Waals surface area contributed by atoms with Crippen molar-refractivity contribution < 1.29 is 0 Å². The first-order chi connectivity index (χ1) is 6.59. The van der Waals surface area contributed by atoms with Crippen LogP contribution in [0.4, 0.5) is 0 Å². The Morgan fingerprint density at radius 2 is 1.36 bits per heavy atom. The average Bonchev–Trinajstić information content (AvgIpc) is 2.18. The normalized spacial score (nSPS) is 42.4. The molecule has 3 heterocycles. The van der Waals surface area contributed by atoms with Crippen LogP contribution >= 0.6 is 0 Å². The Hall–Kier alpha value is -0.0800. The maximum absolute atomic E-state index is 2.77. The first kappa shape index (κ1) is 10.4. The molecule has 3 saturated heterocycles. The smallest absolute Gasteiger partial charge is 0.0250 e. The van der Waals surface area contributed by atoms with Gasteiger partial charge in [0, 0.05) is 38.3 Å². The van der Waals surface area contributed by atoms with E-state index in [-0.39, 0.29) is 0 Å². The van der Waals surface area contributed by atoms with Crippen molar-refractivity contribution in [1.82, 2.24) is 9.80 Å². The predicted molar refractivity (Wildman–Crippen MR) is 60.4 cm³/mol. The molecule has 2 unspecified atom stereocenters. The van der Waals surface area contributed by atoms with Gasteiger partial charge in [-0.15, -0.1) is 0 Å². The molecule has 0 spiro atoms. The SMILES string of the molecule is CC(C)C1CN2CCN1C(C(C)C)C2. The first-order valence-electron chi connectivity index (χ1n) is 6.07. The Balaban J connectivity index is 2.11. The van der Waals surface area contributed by atoms with Crippen molar-refractivity contribution >= 4 is 0 Å². The Morgan fingerprint density at radius 3 is 1.71 bits per heavy atom. The van der Waals surface area contributed by atoms with Crippen molar-refractivity contribution in [3.05, 3.63) is 0 Å². The van der Waals surface area contributed by atoms with E-state index in [1.165, 1.54) is 26.2 Å². The standard InChI is InChI=1S/C12H24N2/c1-9(2)11-7-13-5-6-14(11)12(8-13)10(3)4/h9-12H,5-8H2,1-4H3. The van der Waals surface area contributed by atoms with E-state index in [1.54, 1.807) is 0 Å². The van der Waals surface area contributed by atoms with Crippen molar-refractivity contribution in [3.8, 4) is 0 Å². The van der Waals surface area contributed by atoms with Gasteiger partial charge in [-0.3, -0.25) is 9.80 Å². The molecule has 0 N–H and O–H groups in total. The topological polar surface area (TPSA) is 6.48 Å². The van der Waals surface area contributed by atoms with Crippen LogP contribution in [-0.2, 0) is 0 Å². The lowest BCUT2D eigenvalue weighted by Gasteiger charge is -2.55. The summed E-state index contributed by atoms with van der Waals surface area (Å²) in [5, 5.41) is 0. The van der Waals surface area contributed by atoms with Crippen LogP contribution in [0.25, 0.3) is 0 Å². The third-order valence-electron chi connectivity index (χ3n) is 3.96. The van der Waals surface area contributed by atoms with Gasteiger partial charge in [0.05, 0.1) is 0 Å². The number of hydrogen-bond acceptors (Lipinski definition) is 2. The van der Waals surface area contributed by atoms with E-state index in [0.29, 0.717) is 0 Å². The third-order valence-corrected chi connectivity index (χ3v) is 3.96. The van der Waals surface area contributed by atoms with Crippen molar-refractivity contribution in [2.24, 2.45) is 11.8 Å². The molecule has 82 valence electrons. The fraction of sp³-hybridized carbons (Fsp3) is 1.00. The molecule has 2 bridgehead atoms. The van der Waals surface area contributed by atoms with Gasteiger partial charge in [0.1, 0.15) is 0 Å². The van der Waals surface area contributed by atoms with Crippen molar-refractivity contribution in [3.63, 3.8) is 0 Å². The number of nitrogens with zero attached hydrogens (tertiary/aromatic N) is 2. The van der Waals surface area contributed by atoms with Gasteiger partial charge in [-0.25, -0.2) is 0 Å². The summed E-state index contributed by atoms with van der Waals surface area (Å²) in [5.41, 5.74) is 0. The third kappa shape index (κ3) is 1.70. The Morgan fingerprint density at radius 1 is 0.857 bits per heavy atom. The molecular weight excluding hydrogens is 172 g/mol. The molecular formula is C12H24N2. The van der Waals surface area contributed by atoms with E-state index in [1.807, 2.05) is 0 Å². The molecule has 3 rings (SSSR count). The number of hydrogen-bond donors (Lipinski definition) is 0. The predicted octanol–water partition coefficient (Wildman–Crippen LogP) is 1.67. The fourth-order valence-electron chi connectivity index (χ4n) is 3.02. The molecule has 2 nitrogen and oxygen atoms in total. The van der Waals surface area contributed by atoms with Crippen LogP contribution in [0.1, 0.15) is 27.7 Å². The zero-order valence-corrected chi connectivity index (χ0v) is 10.0. The lowest BCUT2D eigenvalue weighted by molar-refractivity contribution is -0.0638. The molecule has 2 atom stereocenters. The molecule has 0 aromatic rings. The van der Waals surface area contributed by atoms with Gasteiger partial charge in [-0.2, -0.15) is 0 Å². The maximum atomic E-state index is 2.77. The van der Waals surface area contributed by atoms with Gasteiger partial charge in [-0.05, 0) is 11.8 Å².